The van der Waals surface area contributed by atoms with Crippen LogP contribution in [0.15, 0.2) is 54.6 Å². The lowest BCUT2D eigenvalue weighted by Gasteiger charge is -2.36. The molecule has 0 spiro atoms. The fraction of sp³-hybridized carbons (Fsp3) is 0.360. The van der Waals surface area contributed by atoms with Gasteiger partial charge in [-0.1, -0.05) is 18.2 Å². The average molecular weight is 514 g/mol. The van der Waals surface area contributed by atoms with E-state index >= 15 is 0 Å². The van der Waals surface area contributed by atoms with E-state index in [-0.39, 0.29) is 6.03 Å². The quantitative estimate of drug-likeness (QED) is 0.445. The topological polar surface area (TPSA) is 126 Å². The van der Waals surface area contributed by atoms with Crippen LogP contribution in [0.4, 0.5) is 16.2 Å². The van der Waals surface area contributed by atoms with Gasteiger partial charge in [0.15, 0.2) is 0 Å². The predicted octanol–water partition coefficient (Wildman–Crippen LogP) is 2.78. The minimum atomic E-state index is -4.67. The normalized spacial score (nSPS) is 16.6. The second-order valence-corrected chi connectivity index (χ2v) is 9.77. The second kappa shape index (κ2) is 11.2. The van der Waals surface area contributed by atoms with E-state index in [1.54, 1.807) is 0 Å². The van der Waals surface area contributed by atoms with Crippen LogP contribution < -0.4 is 15.1 Å². The van der Waals surface area contributed by atoms with Crippen LogP contribution in [-0.4, -0.2) is 79.3 Å². The van der Waals surface area contributed by atoms with Crippen LogP contribution in [-0.2, 0) is 16.8 Å². The zero-order valence-corrected chi connectivity index (χ0v) is 21.0. The molecule has 0 radical (unpaired) electrons. The first-order valence-corrected chi connectivity index (χ1v) is 13.2. The van der Waals surface area contributed by atoms with Crippen molar-refractivity contribution in [1.82, 2.24) is 15.2 Å². The number of nitrogens with one attached hydrogen (secondary N) is 1. The fourth-order valence-electron chi connectivity index (χ4n) is 4.61. The number of anilines is 2. The van der Waals surface area contributed by atoms with E-state index in [4.69, 9.17) is 17.5 Å². The van der Waals surface area contributed by atoms with Crippen molar-refractivity contribution >= 4 is 38.7 Å². The molecule has 3 N–H and O–H groups in total. The summed E-state index contributed by atoms with van der Waals surface area (Å²) in [7, 11) is -4.67. The van der Waals surface area contributed by atoms with Gasteiger partial charge in [0.05, 0.1) is 5.52 Å². The summed E-state index contributed by atoms with van der Waals surface area (Å²) in [6.45, 7) is 8.73. The molecule has 2 fully saturated rings. The molecule has 36 heavy (non-hydrogen) atoms. The van der Waals surface area contributed by atoms with Gasteiger partial charge in [0.2, 0.25) is 0 Å². The van der Waals surface area contributed by atoms with E-state index in [0.717, 1.165) is 69.1 Å². The summed E-state index contributed by atoms with van der Waals surface area (Å²) >= 11 is 0. The summed E-state index contributed by atoms with van der Waals surface area (Å²) in [4.78, 5) is 23.5. The minimum Gasteiger partial charge on any atom is -0.368 e. The molecule has 2 aliphatic heterocycles. The van der Waals surface area contributed by atoms with E-state index < -0.39 is 10.4 Å². The summed E-state index contributed by atoms with van der Waals surface area (Å²) in [6, 6.07) is 19.1. The predicted molar refractivity (Wildman–Crippen MR) is 140 cm³/mol. The Bertz CT molecular complexity index is 1320. The summed E-state index contributed by atoms with van der Waals surface area (Å²) < 4.78 is 31.6. The lowest BCUT2D eigenvalue weighted by molar-refractivity contribution is 0.252. The van der Waals surface area contributed by atoms with Crippen LogP contribution in [0.25, 0.3) is 10.9 Å². The number of pyridine rings is 1. The molecule has 192 valence electrons. The number of carbonyl (C=O) groups is 1. The first-order valence-electron chi connectivity index (χ1n) is 11.9. The highest BCUT2D eigenvalue weighted by atomic mass is 32.3. The third-order valence-corrected chi connectivity index (χ3v) is 6.36. The van der Waals surface area contributed by atoms with Gasteiger partial charge < -0.3 is 10.2 Å². The summed E-state index contributed by atoms with van der Waals surface area (Å²) in [5, 5.41) is 4.11. The largest absolute Gasteiger partial charge is 0.394 e. The number of rotatable bonds is 5. The number of carbonyl (C=O) groups excluding carboxylic acids is 1. The number of benzene rings is 2. The van der Waals surface area contributed by atoms with Crippen molar-refractivity contribution in [1.29, 1.82) is 0 Å². The monoisotopic (exact) mass is 513 g/mol. The molecule has 0 aliphatic carbocycles. The molecule has 5 rings (SSSR count). The third-order valence-electron chi connectivity index (χ3n) is 6.36. The van der Waals surface area contributed by atoms with Gasteiger partial charge in [0, 0.05) is 68.3 Å². The molecular formula is C25H31N5O5S. The van der Waals surface area contributed by atoms with E-state index in [2.05, 4.69) is 68.6 Å². The molecule has 11 heteroatoms. The number of fused-ring (bicyclic) bond motifs is 1. The molecule has 3 aromatic rings. The first kappa shape index (κ1) is 25.8. The maximum atomic E-state index is 11.9. The van der Waals surface area contributed by atoms with Crippen molar-refractivity contribution in [2.24, 2.45) is 0 Å². The van der Waals surface area contributed by atoms with Crippen molar-refractivity contribution in [2.45, 2.75) is 13.3 Å². The van der Waals surface area contributed by atoms with Gasteiger partial charge >= 0.3 is 16.4 Å². The molecule has 0 atom stereocenters. The number of urea groups is 1. The van der Waals surface area contributed by atoms with Gasteiger partial charge in [-0.3, -0.25) is 23.9 Å². The highest BCUT2D eigenvalue weighted by Gasteiger charge is 2.22. The number of nitrogens with zero attached hydrogens (tertiary/aromatic N) is 4. The van der Waals surface area contributed by atoms with Crippen LogP contribution in [0, 0.1) is 6.92 Å². The Morgan fingerprint density at radius 3 is 2.39 bits per heavy atom. The number of hydrogen-bond acceptors (Lipinski definition) is 6. The Hall–Kier alpha value is -3.25. The standard InChI is InChI=1S/C25H29N5O.H2O4S/c1-19-8-9-22-23(27-19)6-3-7-24(22)29-16-14-28(15-17-29)12-10-20-4-2-5-21(18-20)30-13-11-26-25(30)31;1-5(2,3)4/h2-9,18H,10-17H2,1H3,(H,26,31);(H2,1,2,3,4). The molecular weight excluding hydrogens is 482 g/mol. The van der Waals surface area contributed by atoms with E-state index in [1.165, 1.54) is 16.6 Å². The molecule has 2 amide bonds. The zero-order valence-electron chi connectivity index (χ0n) is 20.2. The van der Waals surface area contributed by atoms with Crippen LogP contribution in [0.5, 0.6) is 0 Å². The van der Waals surface area contributed by atoms with Crippen molar-refractivity contribution in [3.8, 4) is 0 Å². The Balaban J connectivity index is 0.000000556. The average Bonchev–Trinajstić information content (AvgIpc) is 3.27. The van der Waals surface area contributed by atoms with Gasteiger partial charge in [-0.2, -0.15) is 8.42 Å². The summed E-state index contributed by atoms with van der Waals surface area (Å²) in [5.74, 6) is 0. The molecule has 2 aromatic carbocycles. The smallest absolute Gasteiger partial charge is 0.368 e. The maximum Gasteiger partial charge on any atom is 0.394 e. The molecule has 1 aromatic heterocycles. The number of hydrogen-bond donors (Lipinski definition) is 3. The fourth-order valence-corrected chi connectivity index (χ4v) is 4.61. The highest BCUT2D eigenvalue weighted by molar-refractivity contribution is 7.79. The molecule has 0 bridgehead atoms. The van der Waals surface area contributed by atoms with Crippen LogP contribution in [0.2, 0.25) is 0 Å². The molecule has 0 unspecified atom stereocenters. The Labute approximate surface area is 211 Å². The van der Waals surface area contributed by atoms with Crippen molar-refractivity contribution in [3.05, 3.63) is 65.9 Å². The van der Waals surface area contributed by atoms with Gasteiger partial charge in [0.1, 0.15) is 0 Å². The Kier molecular flexibility index (Phi) is 8.04. The molecule has 10 nitrogen and oxygen atoms in total. The van der Waals surface area contributed by atoms with E-state index in [1.807, 2.05) is 17.9 Å². The van der Waals surface area contributed by atoms with Gasteiger partial charge in [-0.15, -0.1) is 0 Å². The molecule has 3 heterocycles. The Morgan fingerprint density at radius 1 is 0.972 bits per heavy atom. The summed E-state index contributed by atoms with van der Waals surface area (Å²) in [5.41, 5.74) is 5.71. The zero-order chi connectivity index (χ0) is 25.7. The van der Waals surface area contributed by atoms with Gasteiger partial charge in [-0.25, -0.2) is 4.79 Å². The second-order valence-electron chi connectivity index (χ2n) is 8.88. The molecule has 2 saturated heterocycles. The number of aryl methyl sites for hydroxylation is 1. The third kappa shape index (κ3) is 6.91. The summed E-state index contributed by atoms with van der Waals surface area (Å²) in [6.07, 6.45) is 1.00. The maximum absolute atomic E-state index is 11.9. The van der Waals surface area contributed by atoms with Gasteiger partial charge in [0.25, 0.3) is 0 Å². The van der Waals surface area contributed by atoms with Crippen molar-refractivity contribution < 1.29 is 22.3 Å². The minimum absolute atomic E-state index is 0.00654. The SMILES string of the molecule is Cc1ccc2c(N3CCN(CCc4cccc(N5CCNC5=O)c4)CC3)cccc2n1.O=S(=O)(O)O. The highest BCUT2D eigenvalue weighted by Crippen LogP contribution is 2.27. The number of amides is 2. The van der Waals surface area contributed by atoms with E-state index in [9.17, 15) is 4.79 Å². The first-order chi connectivity index (χ1) is 17.2. The number of aromatic nitrogens is 1. The van der Waals surface area contributed by atoms with Crippen molar-refractivity contribution in [3.63, 3.8) is 0 Å². The van der Waals surface area contributed by atoms with Crippen LogP contribution in [0.1, 0.15) is 11.3 Å². The molecule has 0 saturated carbocycles. The van der Waals surface area contributed by atoms with Crippen molar-refractivity contribution in [2.75, 3.05) is 55.6 Å². The van der Waals surface area contributed by atoms with Crippen LogP contribution >= 0.6 is 0 Å². The van der Waals surface area contributed by atoms with Crippen LogP contribution in [0.3, 0.4) is 0 Å². The lowest BCUT2D eigenvalue weighted by atomic mass is 10.1. The molecule has 2 aliphatic rings. The van der Waals surface area contributed by atoms with E-state index in [0.29, 0.717) is 0 Å². The van der Waals surface area contributed by atoms with Gasteiger partial charge in [-0.05, 0) is 55.3 Å². The Morgan fingerprint density at radius 2 is 1.69 bits per heavy atom. The lowest BCUT2D eigenvalue weighted by Crippen LogP contribution is -2.47. The number of piperazine rings is 1.